The largest absolute Gasteiger partial charge is 0.467 e. The zero-order valence-electron chi connectivity index (χ0n) is 16.8. The Morgan fingerprint density at radius 3 is 1.90 bits per heavy atom. The normalized spacial score (nSPS) is 12.2. The maximum Gasteiger partial charge on any atom is 0.330 e. The number of rotatable bonds is 8. The topological polar surface area (TPSA) is 81.7 Å². The van der Waals surface area contributed by atoms with Gasteiger partial charge in [0, 0.05) is 6.08 Å². The fourth-order valence-electron chi connectivity index (χ4n) is 3.00. The summed E-state index contributed by atoms with van der Waals surface area (Å²) in [7, 11) is 2.51. The van der Waals surface area contributed by atoms with Crippen molar-refractivity contribution >= 4 is 17.8 Å². The molecule has 29 heavy (non-hydrogen) atoms. The minimum absolute atomic E-state index is 0.0904. The summed E-state index contributed by atoms with van der Waals surface area (Å²) < 4.78 is 9.36. The van der Waals surface area contributed by atoms with Gasteiger partial charge in [0.05, 0.1) is 19.6 Å². The minimum Gasteiger partial charge on any atom is -0.467 e. The Bertz CT molecular complexity index is 822. The molecule has 0 aromatic heterocycles. The summed E-state index contributed by atoms with van der Waals surface area (Å²) in [6, 6.07) is 17.7. The molecule has 1 amide bonds. The van der Waals surface area contributed by atoms with Crippen molar-refractivity contribution in [3.8, 4) is 0 Å². The highest BCUT2D eigenvalue weighted by Crippen LogP contribution is 2.32. The van der Waals surface area contributed by atoms with E-state index in [-0.39, 0.29) is 12.3 Å². The highest BCUT2D eigenvalue weighted by molar-refractivity contribution is 5.94. The van der Waals surface area contributed by atoms with Gasteiger partial charge in [-0.1, -0.05) is 66.7 Å². The Morgan fingerprint density at radius 2 is 1.45 bits per heavy atom. The number of methoxy groups -OCH3 is 2. The van der Waals surface area contributed by atoms with Crippen LogP contribution in [0, 0.1) is 0 Å². The van der Waals surface area contributed by atoms with Gasteiger partial charge in [-0.25, -0.2) is 9.59 Å². The monoisotopic (exact) mass is 395 g/mol. The quantitative estimate of drug-likeness (QED) is 0.549. The van der Waals surface area contributed by atoms with E-state index >= 15 is 0 Å². The lowest BCUT2D eigenvalue weighted by molar-refractivity contribution is -0.145. The Kier molecular flexibility index (Phi) is 7.71. The van der Waals surface area contributed by atoms with Crippen LogP contribution in [0.5, 0.6) is 0 Å². The number of benzene rings is 2. The van der Waals surface area contributed by atoms with Crippen molar-refractivity contribution in [3.05, 3.63) is 83.9 Å². The molecule has 0 unspecified atom stereocenters. The van der Waals surface area contributed by atoms with Gasteiger partial charge < -0.3 is 14.8 Å². The van der Waals surface area contributed by atoms with E-state index in [1.165, 1.54) is 26.4 Å². The van der Waals surface area contributed by atoms with Gasteiger partial charge in [-0.05, 0) is 24.5 Å². The van der Waals surface area contributed by atoms with Crippen molar-refractivity contribution in [3.63, 3.8) is 0 Å². The van der Waals surface area contributed by atoms with E-state index in [9.17, 15) is 14.4 Å². The van der Waals surface area contributed by atoms with Crippen molar-refractivity contribution in [1.29, 1.82) is 0 Å². The van der Waals surface area contributed by atoms with Crippen molar-refractivity contribution in [2.24, 2.45) is 0 Å². The van der Waals surface area contributed by atoms with Crippen LogP contribution >= 0.6 is 0 Å². The first kappa shape index (κ1) is 21.9. The number of carbonyl (C=O) groups excluding carboxylic acids is 3. The maximum atomic E-state index is 13.4. The van der Waals surface area contributed by atoms with Crippen LogP contribution in [0.3, 0.4) is 0 Å². The number of hydrogen-bond acceptors (Lipinski definition) is 5. The Morgan fingerprint density at radius 1 is 0.931 bits per heavy atom. The fourth-order valence-corrected chi connectivity index (χ4v) is 3.00. The van der Waals surface area contributed by atoms with E-state index < -0.39 is 23.4 Å². The number of carbonyl (C=O) groups is 3. The van der Waals surface area contributed by atoms with Gasteiger partial charge in [-0.3, -0.25) is 4.79 Å². The van der Waals surface area contributed by atoms with Gasteiger partial charge in [-0.2, -0.15) is 0 Å². The lowest BCUT2D eigenvalue weighted by atomic mass is 9.75. The first-order valence-electron chi connectivity index (χ1n) is 9.17. The third kappa shape index (κ3) is 5.31. The molecule has 0 heterocycles. The molecular formula is C23H25NO5. The van der Waals surface area contributed by atoms with Crippen molar-refractivity contribution in [2.75, 3.05) is 14.2 Å². The van der Waals surface area contributed by atoms with Crippen LogP contribution in [0.25, 0.3) is 0 Å². The Balaban J connectivity index is 2.35. The molecule has 0 saturated carbocycles. The molecule has 2 rings (SSSR count). The van der Waals surface area contributed by atoms with Crippen LogP contribution in [0.4, 0.5) is 0 Å². The fraction of sp³-hybridized carbons (Fsp3) is 0.261. The van der Waals surface area contributed by atoms with E-state index in [1.807, 2.05) is 67.6 Å². The molecule has 0 spiro atoms. The zero-order valence-corrected chi connectivity index (χ0v) is 16.8. The van der Waals surface area contributed by atoms with E-state index in [4.69, 9.17) is 4.74 Å². The third-order valence-corrected chi connectivity index (χ3v) is 4.77. The Labute approximate surface area is 170 Å². The lowest BCUT2D eigenvalue weighted by Gasteiger charge is -2.31. The predicted molar refractivity (Wildman–Crippen MR) is 109 cm³/mol. The molecule has 0 aliphatic rings. The summed E-state index contributed by atoms with van der Waals surface area (Å²) >= 11 is 0. The molecule has 6 heteroatoms. The van der Waals surface area contributed by atoms with Gasteiger partial charge in [0.2, 0.25) is 5.91 Å². The standard InChI is InChI=1S/C23H25NO5/c1-23(17-11-6-4-7-12-17,18-13-8-5-9-14-18)22(27)24-19(21(26)29-3)15-10-16-20(25)28-2/h4-14,16,19H,15H2,1-3H3,(H,24,27)/b16-10+/t19-/m1/s1. The molecule has 6 nitrogen and oxygen atoms in total. The summed E-state index contributed by atoms with van der Waals surface area (Å²) in [4.78, 5) is 36.9. The molecule has 0 fully saturated rings. The van der Waals surface area contributed by atoms with Crippen LogP contribution in [-0.2, 0) is 29.3 Å². The number of esters is 2. The second-order valence-electron chi connectivity index (χ2n) is 6.57. The van der Waals surface area contributed by atoms with Gasteiger partial charge >= 0.3 is 11.9 Å². The number of nitrogens with one attached hydrogen (secondary N) is 1. The smallest absolute Gasteiger partial charge is 0.330 e. The lowest BCUT2D eigenvalue weighted by Crippen LogP contribution is -2.50. The average Bonchev–Trinajstić information content (AvgIpc) is 2.78. The molecule has 2 aromatic carbocycles. The number of amides is 1. The van der Waals surface area contributed by atoms with Crippen LogP contribution < -0.4 is 5.32 Å². The second-order valence-corrected chi connectivity index (χ2v) is 6.57. The van der Waals surface area contributed by atoms with Gasteiger partial charge in [0.1, 0.15) is 6.04 Å². The molecule has 152 valence electrons. The molecule has 0 bridgehead atoms. The van der Waals surface area contributed by atoms with E-state index in [2.05, 4.69) is 10.1 Å². The van der Waals surface area contributed by atoms with Crippen molar-refractivity contribution < 1.29 is 23.9 Å². The highest BCUT2D eigenvalue weighted by Gasteiger charge is 2.38. The number of ether oxygens (including phenoxy) is 2. The van der Waals surface area contributed by atoms with Crippen LogP contribution in [0.15, 0.2) is 72.8 Å². The van der Waals surface area contributed by atoms with E-state index in [0.29, 0.717) is 0 Å². The maximum absolute atomic E-state index is 13.4. The highest BCUT2D eigenvalue weighted by atomic mass is 16.5. The van der Waals surface area contributed by atoms with Gasteiger partial charge in [0.15, 0.2) is 0 Å². The van der Waals surface area contributed by atoms with Gasteiger partial charge in [-0.15, -0.1) is 0 Å². The Hall–Kier alpha value is -3.41. The third-order valence-electron chi connectivity index (χ3n) is 4.77. The first-order chi connectivity index (χ1) is 13.9. The SMILES string of the molecule is COC(=O)/C=C/C[C@@H](NC(=O)C(C)(c1ccccc1)c1ccccc1)C(=O)OC. The summed E-state index contributed by atoms with van der Waals surface area (Å²) in [5, 5.41) is 2.78. The first-order valence-corrected chi connectivity index (χ1v) is 9.17. The van der Waals surface area contributed by atoms with Crippen LogP contribution in [0.1, 0.15) is 24.5 Å². The van der Waals surface area contributed by atoms with Crippen LogP contribution in [0.2, 0.25) is 0 Å². The molecular weight excluding hydrogens is 370 g/mol. The van der Waals surface area contributed by atoms with Crippen molar-refractivity contribution in [1.82, 2.24) is 5.32 Å². The molecule has 0 radical (unpaired) electrons. The van der Waals surface area contributed by atoms with Crippen molar-refractivity contribution in [2.45, 2.75) is 24.8 Å². The molecule has 0 saturated heterocycles. The van der Waals surface area contributed by atoms with Crippen LogP contribution in [-0.4, -0.2) is 38.1 Å². The summed E-state index contributed by atoms with van der Waals surface area (Å²) in [6.07, 6.45) is 2.76. The summed E-state index contributed by atoms with van der Waals surface area (Å²) in [5.41, 5.74) is 0.552. The van der Waals surface area contributed by atoms with Gasteiger partial charge in [0.25, 0.3) is 0 Å². The molecule has 0 aliphatic heterocycles. The second kappa shape index (κ2) is 10.2. The van der Waals surface area contributed by atoms with E-state index in [0.717, 1.165) is 11.1 Å². The summed E-state index contributed by atoms with van der Waals surface area (Å²) in [6.45, 7) is 1.81. The molecule has 1 N–H and O–H groups in total. The summed E-state index contributed by atoms with van der Waals surface area (Å²) in [5.74, 6) is -1.49. The molecule has 0 aliphatic carbocycles. The molecule has 2 aromatic rings. The minimum atomic E-state index is -1.03. The van der Waals surface area contributed by atoms with E-state index in [1.54, 1.807) is 0 Å². The molecule has 1 atom stereocenters. The average molecular weight is 395 g/mol. The zero-order chi connectivity index (χ0) is 21.3. The number of hydrogen-bond donors (Lipinski definition) is 1. The predicted octanol–water partition coefficient (Wildman–Crippen LogP) is 2.77.